The Morgan fingerprint density at radius 2 is 1.83 bits per heavy atom. The fourth-order valence-electron chi connectivity index (χ4n) is 3.37. The molecule has 29 heavy (non-hydrogen) atoms. The van der Waals surface area contributed by atoms with Gasteiger partial charge in [0, 0.05) is 5.69 Å². The van der Waals surface area contributed by atoms with Crippen LogP contribution in [0.4, 0.5) is 5.69 Å². The van der Waals surface area contributed by atoms with Gasteiger partial charge in [-0.25, -0.2) is 13.1 Å². The maximum absolute atomic E-state index is 12.1. The molecule has 0 fully saturated rings. The lowest BCUT2D eigenvalue weighted by atomic mass is 10.0. The van der Waals surface area contributed by atoms with Crippen LogP contribution in [0.5, 0.6) is 0 Å². The zero-order chi connectivity index (χ0) is 21.0. The van der Waals surface area contributed by atoms with Crippen LogP contribution < -0.4 is 10.0 Å². The van der Waals surface area contributed by atoms with Crippen LogP contribution in [0.3, 0.4) is 0 Å². The number of amides is 1. The van der Waals surface area contributed by atoms with E-state index in [9.17, 15) is 18.0 Å². The topological polar surface area (TPSA) is 102 Å². The number of sulfonamides is 1. The Hall–Kier alpha value is -2.71. The molecule has 0 atom stereocenters. The summed E-state index contributed by atoms with van der Waals surface area (Å²) < 4.78 is 31.4. The number of nitrogens with one attached hydrogen (secondary N) is 2. The monoisotopic (exact) mass is 416 g/mol. The number of hydrogen-bond acceptors (Lipinski definition) is 5. The smallest absolute Gasteiger partial charge is 0.310 e. The molecule has 1 aliphatic carbocycles. The first-order valence-corrected chi connectivity index (χ1v) is 10.9. The number of esters is 1. The SMILES string of the molecule is CNS(=O)(=O)c1cc(NC(=O)COC(=O)Cc2ccc3c(c2)CCC3)ccc1C. The average molecular weight is 416 g/mol. The Bertz CT molecular complexity index is 1050. The fraction of sp³-hybridized carbons (Fsp3) is 0.333. The van der Waals surface area contributed by atoms with Gasteiger partial charge in [-0.05, 0) is 67.6 Å². The van der Waals surface area contributed by atoms with Crippen LogP contribution in [0.25, 0.3) is 0 Å². The molecule has 8 heteroatoms. The number of benzene rings is 2. The number of anilines is 1. The lowest BCUT2D eigenvalue weighted by Gasteiger charge is -2.11. The van der Waals surface area contributed by atoms with E-state index in [0.717, 1.165) is 24.8 Å². The second-order valence-electron chi connectivity index (χ2n) is 7.03. The maximum Gasteiger partial charge on any atom is 0.310 e. The molecule has 0 radical (unpaired) electrons. The largest absolute Gasteiger partial charge is 0.455 e. The van der Waals surface area contributed by atoms with Crippen LogP contribution in [0.1, 0.15) is 28.7 Å². The van der Waals surface area contributed by atoms with Gasteiger partial charge in [0.05, 0.1) is 11.3 Å². The van der Waals surface area contributed by atoms with Crippen LogP contribution in [0, 0.1) is 6.92 Å². The molecule has 1 amide bonds. The van der Waals surface area contributed by atoms with Crippen LogP contribution in [0.2, 0.25) is 0 Å². The van der Waals surface area contributed by atoms with E-state index in [4.69, 9.17) is 4.74 Å². The maximum atomic E-state index is 12.1. The molecule has 7 nitrogen and oxygen atoms in total. The predicted octanol–water partition coefficient (Wildman–Crippen LogP) is 2.12. The van der Waals surface area contributed by atoms with Crippen LogP contribution >= 0.6 is 0 Å². The second kappa shape index (κ2) is 8.75. The van der Waals surface area contributed by atoms with Gasteiger partial charge < -0.3 is 10.1 Å². The molecule has 0 bridgehead atoms. The quantitative estimate of drug-likeness (QED) is 0.673. The molecule has 154 valence electrons. The number of aryl methyl sites for hydroxylation is 3. The van der Waals surface area contributed by atoms with Gasteiger partial charge in [-0.2, -0.15) is 0 Å². The summed E-state index contributed by atoms with van der Waals surface area (Å²) in [5.41, 5.74) is 4.35. The van der Waals surface area contributed by atoms with E-state index in [0.29, 0.717) is 11.3 Å². The first-order chi connectivity index (χ1) is 13.8. The van der Waals surface area contributed by atoms with Crippen LogP contribution in [-0.2, 0) is 43.6 Å². The van der Waals surface area contributed by atoms with Gasteiger partial charge in [0.25, 0.3) is 5.91 Å². The molecule has 0 saturated heterocycles. The number of ether oxygens (including phenoxy) is 1. The minimum atomic E-state index is -3.64. The first-order valence-electron chi connectivity index (χ1n) is 9.39. The first kappa shape index (κ1) is 21.0. The van der Waals surface area contributed by atoms with Crippen molar-refractivity contribution in [1.82, 2.24) is 4.72 Å². The van der Waals surface area contributed by atoms with Gasteiger partial charge in [-0.3, -0.25) is 9.59 Å². The summed E-state index contributed by atoms with van der Waals surface area (Å²) in [6, 6.07) is 10.5. The highest BCUT2D eigenvalue weighted by Crippen LogP contribution is 2.23. The lowest BCUT2D eigenvalue weighted by molar-refractivity contribution is -0.146. The van der Waals surface area contributed by atoms with Gasteiger partial charge in [0.1, 0.15) is 0 Å². The Morgan fingerprint density at radius 3 is 2.59 bits per heavy atom. The molecule has 0 aliphatic heterocycles. The van der Waals surface area contributed by atoms with E-state index in [-0.39, 0.29) is 11.3 Å². The average Bonchev–Trinajstić information content (AvgIpc) is 3.15. The number of carbonyl (C=O) groups excluding carboxylic acids is 2. The summed E-state index contributed by atoms with van der Waals surface area (Å²) in [6.07, 6.45) is 3.36. The summed E-state index contributed by atoms with van der Waals surface area (Å²) in [5.74, 6) is -1.02. The molecule has 0 heterocycles. The molecular formula is C21H24N2O5S. The Labute approximate surface area is 170 Å². The van der Waals surface area contributed by atoms with E-state index in [1.165, 1.54) is 24.2 Å². The van der Waals surface area contributed by atoms with Crippen molar-refractivity contribution in [2.45, 2.75) is 37.5 Å². The predicted molar refractivity (Wildman–Crippen MR) is 109 cm³/mol. The molecular weight excluding hydrogens is 392 g/mol. The third kappa shape index (κ3) is 5.21. The van der Waals surface area contributed by atoms with Crippen molar-refractivity contribution in [1.29, 1.82) is 0 Å². The zero-order valence-electron chi connectivity index (χ0n) is 16.4. The van der Waals surface area contributed by atoms with Gasteiger partial charge in [-0.15, -0.1) is 0 Å². The molecule has 0 unspecified atom stereocenters. The number of hydrogen-bond donors (Lipinski definition) is 2. The third-order valence-electron chi connectivity index (χ3n) is 4.91. The van der Waals surface area contributed by atoms with E-state index in [2.05, 4.69) is 10.0 Å². The Balaban J connectivity index is 1.55. The van der Waals surface area contributed by atoms with Crippen LogP contribution in [-0.4, -0.2) is 33.9 Å². The van der Waals surface area contributed by atoms with Crippen molar-refractivity contribution in [3.63, 3.8) is 0 Å². The summed E-state index contributed by atoms with van der Waals surface area (Å²) in [4.78, 5) is 24.2. The lowest BCUT2D eigenvalue weighted by Crippen LogP contribution is -2.23. The Morgan fingerprint density at radius 1 is 1.07 bits per heavy atom. The zero-order valence-corrected chi connectivity index (χ0v) is 17.3. The van der Waals surface area contributed by atoms with Crippen molar-refractivity contribution in [2.24, 2.45) is 0 Å². The number of carbonyl (C=O) groups is 2. The van der Waals surface area contributed by atoms with Gasteiger partial charge >= 0.3 is 5.97 Å². The molecule has 0 spiro atoms. The highest BCUT2D eigenvalue weighted by Gasteiger charge is 2.17. The van der Waals surface area contributed by atoms with Crippen molar-refractivity contribution >= 4 is 27.6 Å². The molecule has 2 N–H and O–H groups in total. The minimum Gasteiger partial charge on any atom is -0.455 e. The van der Waals surface area contributed by atoms with Crippen molar-refractivity contribution in [2.75, 3.05) is 19.0 Å². The van der Waals surface area contributed by atoms with Crippen molar-refractivity contribution < 1.29 is 22.7 Å². The standard InChI is InChI=1S/C21H24N2O5S/c1-14-6-9-18(12-19(14)29(26,27)22-2)23-20(24)13-28-21(25)11-15-7-8-16-4-3-5-17(16)10-15/h6-10,12,22H,3-5,11,13H2,1-2H3,(H,23,24). The van der Waals surface area contributed by atoms with Gasteiger partial charge in [0.2, 0.25) is 10.0 Å². The molecule has 3 rings (SSSR count). The van der Waals surface area contributed by atoms with Gasteiger partial charge in [0.15, 0.2) is 6.61 Å². The molecule has 0 saturated carbocycles. The number of fused-ring (bicyclic) bond motifs is 1. The normalized spacial score (nSPS) is 13.0. The molecule has 2 aromatic rings. The van der Waals surface area contributed by atoms with E-state index < -0.39 is 28.5 Å². The van der Waals surface area contributed by atoms with Gasteiger partial charge in [-0.1, -0.05) is 24.3 Å². The summed E-state index contributed by atoms with van der Waals surface area (Å²) in [6.45, 7) is 1.22. The van der Waals surface area contributed by atoms with Crippen LogP contribution in [0.15, 0.2) is 41.3 Å². The van der Waals surface area contributed by atoms with E-state index in [1.807, 2.05) is 18.2 Å². The molecule has 1 aliphatic rings. The van der Waals surface area contributed by atoms with E-state index in [1.54, 1.807) is 19.1 Å². The number of rotatable bonds is 7. The van der Waals surface area contributed by atoms with Crippen molar-refractivity contribution in [3.05, 3.63) is 58.7 Å². The molecule has 0 aromatic heterocycles. The highest BCUT2D eigenvalue weighted by atomic mass is 32.2. The Kier molecular flexibility index (Phi) is 6.34. The highest BCUT2D eigenvalue weighted by molar-refractivity contribution is 7.89. The summed E-state index contributed by atoms with van der Waals surface area (Å²) in [5, 5.41) is 2.55. The minimum absolute atomic E-state index is 0.0754. The van der Waals surface area contributed by atoms with Crippen molar-refractivity contribution in [3.8, 4) is 0 Å². The molecule has 2 aromatic carbocycles. The fourth-order valence-corrected chi connectivity index (χ4v) is 4.37. The summed E-state index contributed by atoms with van der Waals surface area (Å²) >= 11 is 0. The third-order valence-corrected chi connectivity index (χ3v) is 6.46. The van der Waals surface area contributed by atoms with E-state index >= 15 is 0 Å². The second-order valence-corrected chi connectivity index (χ2v) is 8.89. The summed E-state index contributed by atoms with van der Waals surface area (Å²) in [7, 11) is -2.32.